The summed E-state index contributed by atoms with van der Waals surface area (Å²) in [6.07, 6.45) is 2.21. The van der Waals surface area contributed by atoms with E-state index in [1.54, 1.807) is 12.1 Å². The quantitative estimate of drug-likeness (QED) is 0.596. The minimum atomic E-state index is -0.414. The summed E-state index contributed by atoms with van der Waals surface area (Å²) in [4.78, 5) is 26.2. The molecule has 0 radical (unpaired) electrons. The van der Waals surface area contributed by atoms with Crippen LogP contribution in [0.25, 0.3) is 0 Å². The van der Waals surface area contributed by atoms with Crippen molar-refractivity contribution in [3.63, 3.8) is 0 Å². The third-order valence-corrected chi connectivity index (χ3v) is 3.77. The zero-order valence-corrected chi connectivity index (χ0v) is 12.3. The summed E-state index contributed by atoms with van der Waals surface area (Å²) in [5.74, 6) is -0.602. The van der Waals surface area contributed by atoms with E-state index in [4.69, 9.17) is 9.15 Å². The van der Waals surface area contributed by atoms with Crippen molar-refractivity contribution in [2.45, 2.75) is 12.8 Å². The fourth-order valence-electron chi connectivity index (χ4n) is 2.50. The third kappa shape index (κ3) is 4.68. The lowest BCUT2D eigenvalue weighted by molar-refractivity contribution is -0.145. The summed E-state index contributed by atoms with van der Waals surface area (Å²) in [5.41, 5.74) is 0. The van der Waals surface area contributed by atoms with Crippen LogP contribution in [0.15, 0.2) is 22.8 Å². The number of carbonyl (C=O) groups is 2. The second-order valence-electron chi connectivity index (χ2n) is 5.21. The van der Waals surface area contributed by atoms with Gasteiger partial charge in [0.2, 0.25) is 0 Å². The van der Waals surface area contributed by atoms with E-state index in [0.29, 0.717) is 12.2 Å². The number of hydrogen-bond acceptors (Lipinski definition) is 6. The Morgan fingerprint density at radius 3 is 2.81 bits per heavy atom. The average molecular weight is 294 g/mol. The minimum absolute atomic E-state index is 0.131. The Kier molecular flexibility index (Phi) is 5.95. The van der Waals surface area contributed by atoms with Crippen LogP contribution in [0.1, 0.15) is 23.4 Å². The molecule has 1 aromatic heterocycles. The van der Waals surface area contributed by atoms with Gasteiger partial charge in [-0.25, -0.2) is 0 Å². The molecular formula is C15H22N2O4. The predicted octanol–water partition coefficient (Wildman–Crippen LogP) is 0.937. The molecular weight excluding hydrogens is 272 g/mol. The summed E-state index contributed by atoms with van der Waals surface area (Å²) >= 11 is 0. The number of carbonyl (C=O) groups excluding carboxylic acids is 2. The molecule has 6 nitrogen and oxygen atoms in total. The van der Waals surface area contributed by atoms with Gasteiger partial charge in [0.15, 0.2) is 11.5 Å². The summed E-state index contributed by atoms with van der Waals surface area (Å²) in [5, 5.41) is 3.29. The molecule has 0 saturated carbocycles. The van der Waals surface area contributed by atoms with Crippen LogP contribution in [0, 0.1) is 5.92 Å². The van der Waals surface area contributed by atoms with E-state index in [-0.39, 0.29) is 18.2 Å². The lowest BCUT2D eigenvalue weighted by atomic mass is 9.97. The zero-order valence-electron chi connectivity index (χ0n) is 12.3. The summed E-state index contributed by atoms with van der Waals surface area (Å²) in [7, 11) is 1.36. The standard InChI is InChI=1S/C15H22N2O4/c1-20-15(19)12(4-7-17-8-5-16-6-9-17)11-13(18)14-3-2-10-21-14/h2-3,10,12,16H,4-9,11H2,1H3/t12-/m1/s1. The lowest BCUT2D eigenvalue weighted by Crippen LogP contribution is -2.44. The number of hydrogen-bond donors (Lipinski definition) is 1. The number of piperazine rings is 1. The van der Waals surface area contributed by atoms with E-state index in [0.717, 1.165) is 32.7 Å². The lowest BCUT2D eigenvalue weighted by Gasteiger charge is -2.28. The van der Waals surface area contributed by atoms with Crippen LogP contribution in [0.3, 0.4) is 0 Å². The van der Waals surface area contributed by atoms with Crippen molar-refractivity contribution in [1.82, 2.24) is 10.2 Å². The molecule has 0 unspecified atom stereocenters. The van der Waals surface area contributed by atoms with Crippen LogP contribution in [0.4, 0.5) is 0 Å². The molecule has 2 rings (SSSR count). The maximum atomic E-state index is 12.1. The molecule has 1 aliphatic rings. The van der Waals surface area contributed by atoms with Crippen molar-refractivity contribution >= 4 is 11.8 Å². The van der Waals surface area contributed by atoms with E-state index in [2.05, 4.69) is 10.2 Å². The molecule has 6 heteroatoms. The number of nitrogens with zero attached hydrogens (tertiary/aromatic N) is 1. The van der Waals surface area contributed by atoms with E-state index in [9.17, 15) is 9.59 Å². The first-order chi connectivity index (χ1) is 10.2. The van der Waals surface area contributed by atoms with Gasteiger partial charge in [0.25, 0.3) is 0 Å². The predicted molar refractivity (Wildman–Crippen MR) is 77.1 cm³/mol. The van der Waals surface area contributed by atoms with Crippen molar-refractivity contribution in [1.29, 1.82) is 0 Å². The van der Waals surface area contributed by atoms with Crippen LogP contribution in [0.2, 0.25) is 0 Å². The zero-order chi connectivity index (χ0) is 15.1. The average Bonchev–Trinajstić information content (AvgIpc) is 3.06. The van der Waals surface area contributed by atoms with Crippen molar-refractivity contribution in [2.75, 3.05) is 39.8 Å². The van der Waals surface area contributed by atoms with Gasteiger partial charge in [0, 0.05) is 32.6 Å². The van der Waals surface area contributed by atoms with Crippen molar-refractivity contribution in [3.8, 4) is 0 Å². The Balaban J connectivity index is 1.88. The molecule has 0 aromatic carbocycles. The SMILES string of the molecule is COC(=O)[C@H](CCN1CCNCC1)CC(=O)c1ccco1. The van der Waals surface area contributed by atoms with Crippen LogP contribution >= 0.6 is 0 Å². The van der Waals surface area contributed by atoms with E-state index in [1.165, 1.54) is 13.4 Å². The minimum Gasteiger partial charge on any atom is -0.469 e. The fourth-order valence-corrected chi connectivity index (χ4v) is 2.50. The maximum absolute atomic E-state index is 12.1. The van der Waals surface area contributed by atoms with Crippen LogP contribution < -0.4 is 5.32 Å². The van der Waals surface area contributed by atoms with Gasteiger partial charge in [-0.1, -0.05) is 0 Å². The molecule has 1 N–H and O–H groups in total. The Morgan fingerprint density at radius 2 is 2.19 bits per heavy atom. The summed E-state index contributed by atoms with van der Waals surface area (Å²) < 4.78 is 9.90. The molecule has 1 aromatic rings. The highest BCUT2D eigenvalue weighted by Crippen LogP contribution is 2.16. The van der Waals surface area contributed by atoms with Crippen LogP contribution in [-0.2, 0) is 9.53 Å². The molecule has 116 valence electrons. The highest BCUT2D eigenvalue weighted by molar-refractivity contribution is 5.95. The summed E-state index contributed by atoms with van der Waals surface area (Å²) in [6, 6.07) is 3.29. The molecule has 21 heavy (non-hydrogen) atoms. The van der Waals surface area contributed by atoms with E-state index < -0.39 is 5.92 Å². The van der Waals surface area contributed by atoms with Gasteiger partial charge < -0.3 is 19.4 Å². The second-order valence-corrected chi connectivity index (χ2v) is 5.21. The van der Waals surface area contributed by atoms with Gasteiger partial charge in [-0.2, -0.15) is 0 Å². The number of furan rings is 1. The van der Waals surface area contributed by atoms with Crippen molar-refractivity contribution in [3.05, 3.63) is 24.2 Å². The topological polar surface area (TPSA) is 71.8 Å². The Hall–Kier alpha value is -1.66. The van der Waals surface area contributed by atoms with Gasteiger partial charge in [0.05, 0.1) is 19.3 Å². The molecule has 1 fully saturated rings. The number of rotatable bonds is 7. The highest BCUT2D eigenvalue weighted by Gasteiger charge is 2.25. The Bertz CT molecular complexity index is 452. The van der Waals surface area contributed by atoms with E-state index >= 15 is 0 Å². The van der Waals surface area contributed by atoms with Gasteiger partial charge >= 0.3 is 5.97 Å². The maximum Gasteiger partial charge on any atom is 0.309 e. The number of nitrogens with one attached hydrogen (secondary N) is 1. The second kappa shape index (κ2) is 7.95. The first-order valence-corrected chi connectivity index (χ1v) is 7.28. The Labute approximate surface area is 124 Å². The molecule has 1 atom stereocenters. The number of Topliss-reactive ketones (excluding diaryl/α,β-unsaturated/α-hetero) is 1. The van der Waals surface area contributed by atoms with Crippen molar-refractivity contribution < 1.29 is 18.7 Å². The molecule has 2 heterocycles. The highest BCUT2D eigenvalue weighted by atomic mass is 16.5. The van der Waals surface area contributed by atoms with Gasteiger partial charge in [-0.05, 0) is 25.1 Å². The van der Waals surface area contributed by atoms with Gasteiger partial charge in [0.1, 0.15) is 0 Å². The van der Waals surface area contributed by atoms with Gasteiger partial charge in [-0.15, -0.1) is 0 Å². The largest absolute Gasteiger partial charge is 0.469 e. The monoisotopic (exact) mass is 294 g/mol. The molecule has 1 saturated heterocycles. The van der Waals surface area contributed by atoms with Crippen LogP contribution in [0.5, 0.6) is 0 Å². The first kappa shape index (κ1) is 15.7. The number of ketones is 1. The van der Waals surface area contributed by atoms with Gasteiger partial charge in [-0.3, -0.25) is 9.59 Å². The molecule has 1 aliphatic heterocycles. The molecule has 0 bridgehead atoms. The van der Waals surface area contributed by atoms with Crippen molar-refractivity contribution in [2.24, 2.45) is 5.92 Å². The fraction of sp³-hybridized carbons (Fsp3) is 0.600. The number of methoxy groups -OCH3 is 1. The smallest absolute Gasteiger partial charge is 0.309 e. The number of esters is 1. The third-order valence-electron chi connectivity index (χ3n) is 3.77. The summed E-state index contributed by atoms with van der Waals surface area (Å²) in [6.45, 7) is 4.68. The molecule has 0 aliphatic carbocycles. The molecule has 0 amide bonds. The first-order valence-electron chi connectivity index (χ1n) is 7.28. The van der Waals surface area contributed by atoms with Crippen LogP contribution in [-0.4, -0.2) is 56.5 Å². The Morgan fingerprint density at radius 1 is 1.43 bits per heavy atom. The normalized spacial score (nSPS) is 17.4. The number of ether oxygens (including phenoxy) is 1. The van der Waals surface area contributed by atoms with E-state index in [1.807, 2.05) is 0 Å². The molecule has 0 spiro atoms.